The fourth-order valence-corrected chi connectivity index (χ4v) is 2.91. The van der Waals surface area contributed by atoms with E-state index in [1.54, 1.807) is 13.0 Å². The zero-order chi connectivity index (χ0) is 15.6. The van der Waals surface area contributed by atoms with E-state index >= 15 is 0 Å². The number of hydrogen-bond donors (Lipinski definition) is 2. The fourth-order valence-electron chi connectivity index (χ4n) is 1.64. The number of nitrogens with two attached hydrogens (primary N) is 1. The van der Waals surface area contributed by atoms with Crippen molar-refractivity contribution in [2.24, 2.45) is 0 Å². The van der Waals surface area contributed by atoms with Crippen LogP contribution in [0.2, 0.25) is 0 Å². The number of benzene rings is 1. The second kappa shape index (κ2) is 5.37. The number of sulfonamides is 1. The Morgan fingerprint density at radius 3 is 2.67 bits per heavy atom. The molecule has 0 saturated heterocycles. The third-order valence-electron chi connectivity index (χ3n) is 2.78. The Labute approximate surface area is 120 Å². The van der Waals surface area contributed by atoms with Gasteiger partial charge in [-0.15, -0.1) is 0 Å². The monoisotopic (exact) mass is 308 g/mol. The molecule has 0 radical (unpaired) electrons. The van der Waals surface area contributed by atoms with Crippen LogP contribution in [0.15, 0.2) is 41.6 Å². The molecular weight excluding hydrogens is 296 g/mol. The number of nitro benzene ring substituents is 1. The SMILES string of the molecule is Cc1ccncc1NS(=O)(=O)c1cc([N+](=O)[O-])ccc1N. The number of nitrogens with one attached hydrogen (secondary N) is 1. The molecule has 0 bridgehead atoms. The molecular formula is C12H12N4O4S. The number of non-ortho nitro benzene ring substituents is 1. The summed E-state index contributed by atoms with van der Waals surface area (Å²) in [6.07, 6.45) is 2.87. The van der Waals surface area contributed by atoms with Crippen LogP contribution in [0.3, 0.4) is 0 Å². The normalized spacial score (nSPS) is 11.1. The molecule has 110 valence electrons. The van der Waals surface area contributed by atoms with Crippen LogP contribution in [0.25, 0.3) is 0 Å². The summed E-state index contributed by atoms with van der Waals surface area (Å²) in [5.41, 5.74) is 6.13. The molecule has 2 aromatic rings. The van der Waals surface area contributed by atoms with E-state index in [0.717, 1.165) is 12.1 Å². The van der Waals surface area contributed by atoms with E-state index in [1.807, 2.05) is 0 Å². The molecule has 1 aromatic carbocycles. The van der Waals surface area contributed by atoms with Crippen molar-refractivity contribution >= 4 is 27.1 Å². The molecule has 1 heterocycles. The second-order valence-corrected chi connectivity index (χ2v) is 5.93. The maximum absolute atomic E-state index is 12.3. The first kappa shape index (κ1) is 14.7. The summed E-state index contributed by atoms with van der Waals surface area (Å²) in [5.74, 6) is 0. The van der Waals surface area contributed by atoms with Gasteiger partial charge in [0.25, 0.3) is 15.7 Å². The second-order valence-electron chi connectivity index (χ2n) is 4.28. The predicted octanol–water partition coefficient (Wildman–Crippen LogP) is 1.68. The zero-order valence-corrected chi connectivity index (χ0v) is 11.8. The summed E-state index contributed by atoms with van der Waals surface area (Å²) in [6.45, 7) is 1.70. The lowest BCUT2D eigenvalue weighted by Gasteiger charge is -2.11. The van der Waals surface area contributed by atoms with Gasteiger partial charge in [-0.05, 0) is 24.6 Å². The molecule has 0 atom stereocenters. The molecule has 9 heteroatoms. The summed E-state index contributed by atoms with van der Waals surface area (Å²) in [7, 11) is -4.04. The Bertz CT molecular complexity index is 805. The summed E-state index contributed by atoms with van der Waals surface area (Å²) in [4.78, 5) is 13.5. The Morgan fingerprint density at radius 1 is 1.33 bits per heavy atom. The quantitative estimate of drug-likeness (QED) is 0.502. The van der Waals surface area contributed by atoms with Crippen molar-refractivity contribution in [3.05, 3.63) is 52.3 Å². The Balaban J connectivity index is 2.47. The number of pyridine rings is 1. The fraction of sp³-hybridized carbons (Fsp3) is 0.0833. The van der Waals surface area contributed by atoms with Crippen LogP contribution < -0.4 is 10.5 Å². The molecule has 0 aliphatic heterocycles. The molecule has 0 saturated carbocycles. The Hall–Kier alpha value is -2.68. The van der Waals surface area contributed by atoms with Crippen molar-refractivity contribution in [2.45, 2.75) is 11.8 Å². The largest absolute Gasteiger partial charge is 0.398 e. The van der Waals surface area contributed by atoms with E-state index in [0.29, 0.717) is 5.56 Å². The minimum atomic E-state index is -4.04. The van der Waals surface area contributed by atoms with Crippen molar-refractivity contribution in [2.75, 3.05) is 10.5 Å². The van der Waals surface area contributed by atoms with Gasteiger partial charge in [0.2, 0.25) is 0 Å². The lowest BCUT2D eigenvalue weighted by molar-refractivity contribution is -0.385. The van der Waals surface area contributed by atoms with Gasteiger partial charge >= 0.3 is 0 Å². The van der Waals surface area contributed by atoms with Crippen molar-refractivity contribution in [3.8, 4) is 0 Å². The summed E-state index contributed by atoms with van der Waals surface area (Å²) < 4.78 is 26.9. The number of anilines is 2. The number of hydrogen-bond acceptors (Lipinski definition) is 6. The van der Waals surface area contributed by atoms with E-state index in [-0.39, 0.29) is 22.0 Å². The average molecular weight is 308 g/mol. The van der Waals surface area contributed by atoms with Crippen LogP contribution in [-0.4, -0.2) is 18.3 Å². The first-order valence-corrected chi connectivity index (χ1v) is 7.27. The van der Waals surface area contributed by atoms with E-state index in [2.05, 4.69) is 9.71 Å². The van der Waals surface area contributed by atoms with Gasteiger partial charge in [0, 0.05) is 18.3 Å². The highest BCUT2D eigenvalue weighted by atomic mass is 32.2. The van der Waals surface area contributed by atoms with E-state index < -0.39 is 14.9 Å². The predicted molar refractivity (Wildman–Crippen MR) is 77.3 cm³/mol. The molecule has 0 spiro atoms. The summed E-state index contributed by atoms with van der Waals surface area (Å²) >= 11 is 0. The van der Waals surface area contributed by atoms with Crippen LogP contribution in [0, 0.1) is 17.0 Å². The molecule has 8 nitrogen and oxygen atoms in total. The Kier molecular flexibility index (Phi) is 3.76. The van der Waals surface area contributed by atoms with Gasteiger partial charge in [-0.2, -0.15) is 0 Å². The smallest absolute Gasteiger partial charge is 0.270 e. The van der Waals surface area contributed by atoms with Crippen molar-refractivity contribution < 1.29 is 13.3 Å². The van der Waals surface area contributed by atoms with Crippen molar-refractivity contribution in [1.29, 1.82) is 0 Å². The number of nitro groups is 1. The first-order chi connectivity index (χ1) is 9.81. The lowest BCUT2D eigenvalue weighted by atomic mass is 10.3. The molecule has 0 aliphatic carbocycles. The highest BCUT2D eigenvalue weighted by molar-refractivity contribution is 7.92. The molecule has 0 unspecified atom stereocenters. The number of aryl methyl sites for hydroxylation is 1. The molecule has 0 amide bonds. The first-order valence-electron chi connectivity index (χ1n) is 5.78. The van der Waals surface area contributed by atoms with Crippen LogP contribution >= 0.6 is 0 Å². The van der Waals surface area contributed by atoms with Crippen LogP contribution in [0.1, 0.15) is 5.56 Å². The maximum Gasteiger partial charge on any atom is 0.270 e. The number of rotatable bonds is 4. The molecule has 2 rings (SSSR count). The highest BCUT2D eigenvalue weighted by Gasteiger charge is 2.21. The topological polar surface area (TPSA) is 128 Å². The van der Waals surface area contributed by atoms with Gasteiger partial charge < -0.3 is 5.73 Å². The van der Waals surface area contributed by atoms with Crippen molar-refractivity contribution in [1.82, 2.24) is 4.98 Å². The van der Waals surface area contributed by atoms with Crippen LogP contribution in [0.4, 0.5) is 17.1 Å². The average Bonchev–Trinajstić information content (AvgIpc) is 2.41. The van der Waals surface area contributed by atoms with Gasteiger partial charge in [0.05, 0.1) is 22.5 Å². The van der Waals surface area contributed by atoms with Crippen molar-refractivity contribution in [3.63, 3.8) is 0 Å². The number of nitrogen functional groups attached to an aromatic ring is 1. The third kappa shape index (κ3) is 3.08. The zero-order valence-electron chi connectivity index (χ0n) is 11.0. The molecule has 21 heavy (non-hydrogen) atoms. The third-order valence-corrected chi connectivity index (χ3v) is 4.20. The number of nitrogens with zero attached hydrogens (tertiary/aromatic N) is 2. The minimum Gasteiger partial charge on any atom is -0.398 e. The Morgan fingerprint density at radius 2 is 2.05 bits per heavy atom. The molecule has 0 fully saturated rings. The van der Waals surface area contributed by atoms with Gasteiger partial charge in [0.1, 0.15) is 4.90 Å². The maximum atomic E-state index is 12.3. The standard InChI is InChI=1S/C12H12N4O4S/c1-8-4-5-14-7-11(8)15-21(19,20)12-6-9(16(17)18)2-3-10(12)13/h2-7,15H,13H2,1H3. The minimum absolute atomic E-state index is 0.0744. The van der Waals surface area contributed by atoms with E-state index in [9.17, 15) is 18.5 Å². The van der Waals surface area contributed by atoms with Crippen LogP contribution in [-0.2, 0) is 10.0 Å². The van der Waals surface area contributed by atoms with Crippen LogP contribution in [0.5, 0.6) is 0 Å². The lowest BCUT2D eigenvalue weighted by Crippen LogP contribution is -2.16. The molecule has 3 N–H and O–H groups in total. The highest BCUT2D eigenvalue weighted by Crippen LogP contribution is 2.26. The summed E-state index contributed by atoms with van der Waals surface area (Å²) in [5, 5.41) is 10.7. The number of aromatic nitrogens is 1. The molecule has 1 aromatic heterocycles. The van der Waals surface area contributed by atoms with Gasteiger partial charge in [-0.25, -0.2) is 8.42 Å². The van der Waals surface area contributed by atoms with Gasteiger partial charge in [-0.1, -0.05) is 0 Å². The summed E-state index contributed by atoms with van der Waals surface area (Å²) in [6, 6.07) is 4.88. The molecule has 0 aliphatic rings. The van der Waals surface area contributed by atoms with E-state index in [1.165, 1.54) is 18.5 Å². The van der Waals surface area contributed by atoms with E-state index in [4.69, 9.17) is 5.73 Å². The van der Waals surface area contributed by atoms with Gasteiger partial charge in [0.15, 0.2) is 0 Å². The van der Waals surface area contributed by atoms with Gasteiger partial charge in [-0.3, -0.25) is 19.8 Å².